The standard InChI is InChI=1S/C11H10N4O2S/c12-10-14-8-6(9(16)17)2-1-3-7(8)15(10)11-13-4-5-18-11/h1-3H,4-5H2,(H2,12,14)(H,16,17). The third-order valence-electron chi connectivity index (χ3n) is 2.70. The second-order valence-corrected chi connectivity index (χ2v) is 4.86. The molecule has 0 aliphatic carbocycles. The summed E-state index contributed by atoms with van der Waals surface area (Å²) in [4.78, 5) is 19.6. The number of anilines is 1. The number of imidazole rings is 1. The first-order chi connectivity index (χ1) is 8.68. The van der Waals surface area contributed by atoms with E-state index in [1.54, 1.807) is 28.5 Å². The van der Waals surface area contributed by atoms with Crippen molar-refractivity contribution >= 4 is 39.9 Å². The quantitative estimate of drug-likeness (QED) is 0.807. The van der Waals surface area contributed by atoms with Gasteiger partial charge in [-0.3, -0.25) is 9.56 Å². The minimum Gasteiger partial charge on any atom is -0.478 e. The highest BCUT2D eigenvalue weighted by molar-refractivity contribution is 8.14. The van der Waals surface area contributed by atoms with E-state index in [4.69, 9.17) is 10.8 Å². The summed E-state index contributed by atoms with van der Waals surface area (Å²) in [5.74, 6) is 0.172. The van der Waals surface area contributed by atoms with Gasteiger partial charge in [0, 0.05) is 5.75 Å². The number of fused-ring (bicyclic) bond motifs is 1. The molecule has 0 amide bonds. The molecular weight excluding hydrogens is 252 g/mol. The molecule has 1 aromatic heterocycles. The number of carboxylic acids is 1. The maximum atomic E-state index is 11.1. The minimum atomic E-state index is -1.01. The maximum Gasteiger partial charge on any atom is 0.337 e. The van der Waals surface area contributed by atoms with Crippen molar-refractivity contribution in [1.29, 1.82) is 0 Å². The van der Waals surface area contributed by atoms with Crippen LogP contribution < -0.4 is 5.73 Å². The molecule has 3 rings (SSSR count). The van der Waals surface area contributed by atoms with E-state index < -0.39 is 5.97 Å². The Kier molecular flexibility index (Phi) is 2.48. The lowest BCUT2D eigenvalue weighted by molar-refractivity contribution is 0.0699. The Morgan fingerprint density at radius 1 is 1.50 bits per heavy atom. The normalized spacial score (nSPS) is 15.0. The molecule has 6 nitrogen and oxygen atoms in total. The number of nitrogen functional groups attached to an aromatic ring is 1. The molecule has 0 atom stereocenters. The number of nitrogens with two attached hydrogens (primary N) is 1. The Balaban J connectivity index is 2.30. The van der Waals surface area contributed by atoms with Gasteiger partial charge in [-0.2, -0.15) is 0 Å². The molecule has 92 valence electrons. The molecule has 7 heteroatoms. The van der Waals surface area contributed by atoms with Crippen LogP contribution in [0.2, 0.25) is 0 Å². The van der Waals surface area contributed by atoms with Gasteiger partial charge < -0.3 is 10.8 Å². The smallest absolute Gasteiger partial charge is 0.337 e. The fourth-order valence-electron chi connectivity index (χ4n) is 1.95. The van der Waals surface area contributed by atoms with Crippen molar-refractivity contribution in [2.24, 2.45) is 4.99 Å². The van der Waals surface area contributed by atoms with Crippen LogP contribution in [-0.4, -0.2) is 38.1 Å². The Labute approximate surface area is 107 Å². The van der Waals surface area contributed by atoms with Gasteiger partial charge in [0.05, 0.1) is 17.6 Å². The minimum absolute atomic E-state index is 0.154. The Bertz CT molecular complexity index is 677. The van der Waals surface area contributed by atoms with E-state index in [-0.39, 0.29) is 11.5 Å². The van der Waals surface area contributed by atoms with Crippen LogP contribution in [0.3, 0.4) is 0 Å². The van der Waals surface area contributed by atoms with Crippen LogP contribution in [0, 0.1) is 0 Å². The summed E-state index contributed by atoms with van der Waals surface area (Å²) in [6.45, 7) is 0.748. The number of para-hydroxylation sites is 1. The average Bonchev–Trinajstić information content (AvgIpc) is 2.93. The van der Waals surface area contributed by atoms with Crippen molar-refractivity contribution in [3.63, 3.8) is 0 Å². The molecule has 0 saturated carbocycles. The second-order valence-electron chi connectivity index (χ2n) is 3.80. The Morgan fingerprint density at radius 2 is 2.33 bits per heavy atom. The van der Waals surface area contributed by atoms with E-state index in [0.29, 0.717) is 11.0 Å². The fraction of sp³-hybridized carbons (Fsp3) is 0.182. The number of thioether (sulfide) groups is 1. The largest absolute Gasteiger partial charge is 0.478 e. The lowest BCUT2D eigenvalue weighted by Crippen LogP contribution is -2.09. The molecule has 0 spiro atoms. The zero-order valence-electron chi connectivity index (χ0n) is 9.33. The fourth-order valence-corrected chi connectivity index (χ4v) is 2.82. The second kappa shape index (κ2) is 4.02. The van der Waals surface area contributed by atoms with Gasteiger partial charge in [0.25, 0.3) is 0 Å². The van der Waals surface area contributed by atoms with Gasteiger partial charge in [0.2, 0.25) is 5.95 Å². The molecule has 3 N–H and O–H groups in total. The number of nitrogens with zero attached hydrogens (tertiary/aromatic N) is 3. The Morgan fingerprint density at radius 3 is 3.00 bits per heavy atom. The predicted octanol–water partition coefficient (Wildman–Crippen LogP) is 1.27. The first-order valence-electron chi connectivity index (χ1n) is 5.36. The third-order valence-corrected chi connectivity index (χ3v) is 3.66. The van der Waals surface area contributed by atoms with E-state index >= 15 is 0 Å². The predicted molar refractivity (Wildman–Crippen MR) is 71.3 cm³/mol. The van der Waals surface area contributed by atoms with Gasteiger partial charge in [0.1, 0.15) is 5.52 Å². The summed E-state index contributed by atoms with van der Waals surface area (Å²) in [5, 5.41) is 9.90. The number of rotatable bonds is 1. The summed E-state index contributed by atoms with van der Waals surface area (Å²) in [6, 6.07) is 5.00. The van der Waals surface area contributed by atoms with E-state index in [9.17, 15) is 4.79 Å². The monoisotopic (exact) mass is 262 g/mol. The number of hydrogen-bond donors (Lipinski definition) is 2. The number of benzene rings is 1. The lowest BCUT2D eigenvalue weighted by Gasteiger charge is -2.04. The SMILES string of the molecule is Nc1nc2c(C(=O)O)cccc2n1C1=NCCS1. The summed E-state index contributed by atoms with van der Waals surface area (Å²) < 4.78 is 1.71. The van der Waals surface area contributed by atoms with E-state index in [1.165, 1.54) is 6.07 Å². The molecule has 2 heterocycles. The first kappa shape index (κ1) is 11.1. The number of aromatic carboxylic acids is 1. The van der Waals surface area contributed by atoms with Crippen LogP contribution in [0.1, 0.15) is 10.4 Å². The van der Waals surface area contributed by atoms with Gasteiger partial charge in [-0.25, -0.2) is 9.78 Å². The van der Waals surface area contributed by atoms with Gasteiger partial charge in [-0.15, -0.1) is 0 Å². The molecule has 2 aromatic rings. The van der Waals surface area contributed by atoms with Crippen molar-refractivity contribution in [3.05, 3.63) is 23.8 Å². The molecular formula is C11H10N4O2S. The highest BCUT2D eigenvalue weighted by Gasteiger charge is 2.20. The molecule has 1 aromatic carbocycles. The number of carbonyl (C=O) groups is 1. The van der Waals surface area contributed by atoms with Crippen molar-refractivity contribution in [2.45, 2.75) is 0 Å². The van der Waals surface area contributed by atoms with Crippen LogP contribution in [-0.2, 0) is 0 Å². The van der Waals surface area contributed by atoms with Gasteiger partial charge in [-0.05, 0) is 12.1 Å². The molecule has 18 heavy (non-hydrogen) atoms. The van der Waals surface area contributed by atoms with Gasteiger partial charge in [-0.1, -0.05) is 17.8 Å². The zero-order valence-corrected chi connectivity index (χ0v) is 10.1. The van der Waals surface area contributed by atoms with Crippen LogP contribution in [0.25, 0.3) is 11.0 Å². The number of hydrogen-bond acceptors (Lipinski definition) is 5. The number of aliphatic imine (C=N–C) groups is 1. The number of aromatic nitrogens is 2. The van der Waals surface area contributed by atoms with Crippen LogP contribution in [0.5, 0.6) is 0 Å². The maximum absolute atomic E-state index is 11.1. The van der Waals surface area contributed by atoms with Crippen LogP contribution in [0.4, 0.5) is 5.95 Å². The highest BCUT2D eigenvalue weighted by Crippen LogP contribution is 2.25. The summed E-state index contributed by atoms with van der Waals surface area (Å²) >= 11 is 1.59. The summed E-state index contributed by atoms with van der Waals surface area (Å²) in [7, 11) is 0. The first-order valence-corrected chi connectivity index (χ1v) is 6.35. The van der Waals surface area contributed by atoms with Crippen molar-refractivity contribution in [1.82, 2.24) is 9.55 Å². The van der Waals surface area contributed by atoms with E-state index in [0.717, 1.165) is 17.5 Å². The zero-order chi connectivity index (χ0) is 12.7. The van der Waals surface area contributed by atoms with Crippen molar-refractivity contribution < 1.29 is 9.90 Å². The van der Waals surface area contributed by atoms with Gasteiger partial charge in [0.15, 0.2) is 5.17 Å². The third kappa shape index (κ3) is 1.55. The molecule has 0 radical (unpaired) electrons. The molecule has 0 fully saturated rings. The molecule has 0 saturated heterocycles. The van der Waals surface area contributed by atoms with E-state index in [2.05, 4.69) is 9.98 Å². The van der Waals surface area contributed by atoms with Crippen molar-refractivity contribution in [3.8, 4) is 0 Å². The Hall–Kier alpha value is -2.02. The summed E-state index contributed by atoms with van der Waals surface area (Å²) in [5.41, 5.74) is 7.10. The van der Waals surface area contributed by atoms with Crippen LogP contribution in [0.15, 0.2) is 23.2 Å². The van der Waals surface area contributed by atoms with Gasteiger partial charge >= 0.3 is 5.97 Å². The summed E-state index contributed by atoms with van der Waals surface area (Å²) in [6.07, 6.45) is 0. The average molecular weight is 262 g/mol. The number of carboxylic acid groups (broad SMARTS) is 1. The molecule has 1 aliphatic rings. The topological polar surface area (TPSA) is 93.5 Å². The molecule has 0 unspecified atom stereocenters. The van der Waals surface area contributed by atoms with E-state index in [1.807, 2.05) is 0 Å². The highest BCUT2D eigenvalue weighted by atomic mass is 32.2. The molecule has 0 bridgehead atoms. The van der Waals surface area contributed by atoms with Crippen molar-refractivity contribution in [2.75, 3.05) is 18.0 Å². The lowest BCUT2D eigenvalue weighted by atomic mass is 10.2. The molecule has 1 aliphatic heterocycles. The van der Waals surface area contributed by atoms with Crippen LogP contribution >= 0.6 is 11.8 Å².